The van der Waals surface area contributed by atoms with Gasteiger partial charge >= 0.3 is 23.9 Å². The third kappa shape index (κ3) is 26.3. The lowest BCUT2D eigenvalue weighted by atomic mass is 10.0. The van der Waals surface area contributed by atoms with E-state index in [4.69, 9.17) is 10.8 Å². The van der Waals surface area contributed by atoms with Crippen molar-refractivity contribution >= 4 is 41.6 Å². The van der Waals surface area contributed by atoms with Gasteiger partial charge in [0.05, 0.1) is 0 Å². The van der Waals surface area contributed by atoms with Gasteiger partial charge < -0.3 is 42.1 Å². The van der Waals surface area contributed by atoms with Crippen LogP contribution in [0.25, 0.3) is 0 Å². The number of hydrogen-bond acceptors (Lipinski definition) is 8. The summed E-state index contributed by atoms with van der Waals surface area (Å²) < 4.78 is 0. The molecule has 0 aliphatic carbocycles. The molecule has 0 radical (unpaired) electrons. The quantitative estimate of drug-likeness (QED) is 0.0462. The topological polar surface area (TPSA) is 263 Å². The molecule has 276 valence electrons. The van der Waals surface area contributed by atoms with Gasteiger partial charge in [-0.05, 0) is 45.1 Å². The summed E-state index contributed by atoms with van der Waals surface area (Å²) in [6, 6.07) is -3.58. The van der Waals surface area contributed by atoms with E-state index in [-0.39, 0.29) is 63.8 Å². The molecule has 3 amide bonds. The van der Waals surface area contributed by atoms with Crippen LogP contribution in [0, 0.1) is 0 Å². The van der Waals surface area contributed by atoms with Gasteiger partial charge in [-0.1, -0.05) is 77.0 Å². The van der Waals surface area contributed by atoms with Crippen LogP contribution in [0.4, 0.5) is 0 Å². The molecular weight excluding hydrogens is 628 g/mol. The number of primary amides is 1. The molecule has 15 heteroatoms. The highest BCUT2D eigenvalue weighted by Crippen LogP contribution is 2.14. The Kier molecular flexibility index (Phi) is 26.1. The molecule has 3 atom stereocenters. The molecular formula is C33H58N4O11. The number of nitrogens with two attached hydrogens (primary N) is 1. The first-order chi connectivity index (χ1) is 22.8. The Hall–Kier alpha value is -3.75. The number of nitrogens with one attached hydrogen (secondary N) is 3. The first-order valence-electron chi connectivity index (χ1n) is 17.3. The molecule has 0 spiro atoms. The Morgan fingerprint density at radius 1 is 0.438 bits per heavy atom. The van der Waals surface area contributed by atoms with E-state index in [1.807, 2.05) is 0 Å². The first-order valence-corrected chi connectivity index (χ1v) is 17.3. The molecule has 0 aliphatic rings. The van der Waals surface area contributed by atoms with Crippen LogP contribution in [-0.4, -0.2) is 86.7 Å². The van der Waals surface area contributed by atoms with Gasteiger partial charge in [0, 0.05) is 25.7 Å². The average molecular weight is 687 g/mol. The first kappa shape index (κ1) is 44.2. The normalized spacial score (nSPS) is 12.8. The number of carbonyl (C=O) groups is 7. The Morgan fingerprint density at radius 3 is 1.23 bits per heavy atom. The Balaban J connectivity index is 4.08. The summed E-state index contributed by atoms with van der Waals surface area (Å²) in [6.45, 7) is 0.116. The maximum Gasteiger partial charge on any atom is 0.326 e. The molecule has 0 aliphatic heterocycles. The number of carboxylic acids is 4. The standard InChI is InChI=1S/C33H58N4O11/c34-27(38)21-19-26(33(47)48)37-29(40)22-20-24(31(43)44)35-23-15-16-25(32(45)46)36-28(39)17-13-11-9-7-5-3-1-2-4-6-8-10-12-14-18-30(41)42/h24-26,35H,1-23H2,(H2,34,38)(H,36,39)(H,37,40)(H,41,42)(H,43,44)(H,45,46)(H,47,48). The molecule has 48 heavy (non-hydrogen) atoms. The zero-order valence-corrected chi connectivity index (χ0v) is 28.2. The summed E-state index contributed by atoms with van der Waals surface area (Å²) in [5, 5.41) is 44.3. The monoisotopic (exact) mass is 686 g/mol. The largest absolute Gasteiger partial charge is 0.481 e. The lowest BCUT2D eigenvalue weighted by Crippen LogP contribution is -2.43. The summed E-state index contributed by atoms with van der Waals surface area (Å²) in [6.07, 6.45) is 14.8. The number of unbranched alkanes of at least 4 members (excludes halogenated alkanes) is 13. The van der Waals surface area contributed by atoms with Crippen molar-refractivity contribution in [3.8, 4) is 0 Å². The number of amides is 3. The van der Waals surface area contributed by atoms with Crippen molar-refractivity contribution in [1.82, 2.24) is 16.0 Å². The SMILES string of the molecule is NC(=O)CCC(NC(=O)CCC(NCCCC(NC(=O)CCCCCCCCCCCCCCCCC(=O)O)C(=O)O)C(=O)O)C(=O)O. The minimum atomic E-state index is -1.34. The van der Waals surface area contributed by atoms with Crippen LogP contribution in [0.5, 0.6) is 0 Å². The highest BCUT2D eigenvalue weighted by molar-refractivity contribution is 5.85. The second kappa shape index (κ2) is 28.3. The number of aliphatic carboxylic acids is 4. The summed E-state index contributed by atoms with van der Waals surface area (Å²) in [5.41, 5.74) is 5.01. The molecule has 0 fully saturated rings. The predicted octanol–water partition coefficient (Wildman–Crippen LogP) is 3.32. The van der Waals surface area contributed by atoms with Crippen molar-refractivity contribution in [1.29, 1.82) is 0 Å². The summed E-state index contributed by atoms with van der Waals surface area (Å²) >= 11 is 0. The smallest absolute Gasteiger partial charge is 0.326 e. The average Bonchev–Trinajstić information content (AvgIpc) is 3.01. The van der Waals surface area contributed by atoms with Crippen molar-refractivity contribution in [3.63, 3.8) is 0 Å². The van der Waals surface area contributed by atoms with Gasteiger partial charge in [0.25, 0.3) is 0 Å². The third-order valence-corrected chi connectivity index (χ3v) is 8.01. The van der Waals surface area contributed by atoms with Crippen molar-refractivity contribution in [2.45, 2.75) is 159 Å². The van der Waals surface area contributed by atoms with Crippen LogP contribution in [0.1, 0.15) is 141 Å². The summed E-state index contributed by atoms with van der Waals surface area (Å²) in [5.74, 6) is -6.25. The fourth-order valence-electron chi connectivity index (χ4n) is 5.19. The minimum absolute atomic E-state index is 0.0772. The van der Waals surface area contributed by atoms with E-state index in [0.717, 1.165) is 51.4 Å². The van der Waals surface area contributed by atoms with E-state index in [1.165, 1.54) is 32.1 Å². The molecule has 9 N–H and O–H groups in total. The van der Waals surface area contributed by atoms with Gasteiger partial charge in [-0.3, -0.25) is 24.0 Å². The summed E-state index contributed by atoms with van der Waals surface area (Å²) in [4.78, 5) is 80.3. The van der Waals surface area contributed by atoms with Gasteiger partial charge in [0.1, 0.15) is 18.1 Å². The van der Waals surface area contributed by atoms with Gasteiger partial charge in [0.15, 0.2) is 0 Å². The van der Waals surface area contributed by atoms with Crippen LogP contribution >= 0.6 is 0 Å². The number of carbonyl (C=O) groups excluding carboxylic acids is 3. The van der Waals surface area contributed by atoms with Gasteiger partial charge in [-0.2, -0.15) is 0 Å². The van der Waals surface area contributed by atoms with Crippen LogP contribution in [0.2, 0.25) is 0 Å². The van der Waals surface area contributed by atoms with E-state index in [0.29, 0.717) is 6.42 Å². The van der Waals surface area contributed by atoms with Crippen molar-refractivity contribution in [2.24, 2.45) is 5.73 Å². The van der Waals surface area contributed by atoms with Crippen LogP contribution in [-0.2, 0) is 33.6 Å². The zero-order valence-electron chi connectivity index (χ0n) is 28.2. The number of hydrogen-bond donors (Lipinski definition) is 8. The maximum absolute atomic E-state index is 12.3. The molecule has 15 nitrogen and oxygen atoms in total. The highest BCUT2D eigenvalue weighted by Gasteiger charge is 2.24. The zero-order chi connectivity index (χ0) is 36.2. The van der Waals surface area contributed by atoms with Crippen LogP contribution < -0.4 is 21.7 Å². The molecule has 0 saturated carbocycles. The predicted molar refractivity (Wildman–Crippen MR) is 177 cm³/mol. The van der Waals surface area contributed by atoms with Gasteiger partial charge in [0.2, 0.25) is 17.7 Å². The fraction of sp³-hybridized carbons (Fsp3) is 0.788. The van der Waals surface area contributed by atoms with Gasteiger partial charge in [-0.25, -0.2) is 9.59 Å². The van der Waals surface area contributed by atoms with Crippen LogP contribution in [0.15, 0.2) is 0 Å². The highest BCUT2D eigenvalue weighted by atomic mass is 16.4. The molecule has 3 unspecified atom stereocenters. The molecule has 0 saturated heterocycles. The number of rotatable bonds is 33. The Bertz CT molecular complexity index is 993. The Labute approximate surface area is 283 Å². The van der Waals surface area contributed by atoms with Crippen LogP contribution in [0.3, 0.4) is 0 Å². The van der Waals surface area contributed by atoms with Gasteiger partial charge in [-0.15, -0.1) is 0 Å². The second-order valence-corrected chi connectivity index (χ2v) is 12.3. The molecule has 0 aromatic rings. The Morgan fingerprint density at radius 2 is 0.812 bits per heavy atom. The minimum Gasteiger partial charge on any atom is -0.481 e. The fourth-order valence-corrected chi connectivity index (χ4v) is 5.19. The molecule has 0 aromatic heterocycles. The van der Waals surface area contributed by atoms with Crippen molar-refractivity contribution in [3.05, 3.63) is 0 Å². The molecule has 0 bridgehead atoms. The van der Waals surface area contributed by atoms with E-state index >= 15 is 0 Å². The van der Waals surface area contributed by atoms with E-state index in [2.05, 4.69) is 16.0 Å². The second-order valence-electron chi connectivity index (χ2n) is 12.3. The maximum atomic E-state index is 12.3. The summed E-state index contributed by atoms with van der Waals surface area (Å²) in [7, 11) is 0. The lowest BCUT2D eigenvalue weighted by molar-refractivity contribution is -0.143. The van der Waals surface area contributed by atoms with E-state index in [1.54, 1.807) is 0 Å². The van der Waals surface area contributed by atoms with E-state index < -0.39 is 53.8 Å². The lowest BCUT2D eigenvalue weighted by Gasteiger charge is -2.18. The molecule has 0 aromatic carbocycles. The van der Waals surface area contributed by atoms with Crippen molar-refractivity contribution < 1.29 is 54.0 Å². The van der Waals surface area contributed by atoms with Crippen molar-refractivity contribution in [2.75, 3.05) is 6.54 Å². The molecule has 0 rings (SSSR count). The molecule has 0 heterocycles. The van der Waals surface area contributed by atoms with E-state index in [9.17, 15) is 48.9 Å². The third-order valence-electron chi connectivity index (χ3n) is 8.01. The number of carboxylic acid groups (broad SMARTS) is 4.